The highest BCUT2D eigenvalue weighted by Crippen LogP contribution is 2.39. The minimum Gasteiger partial charge on any atom is -0.342 e. The number of carbonyl (C=O) groups excluding carboxylic acids is 2. The zero-order chi connectivity index (χ0) is 19.0. The van der Waals surface area contributed by atoms with Gasteiger partial charge in [-0.3, -0.25) is 14.3 Å². The number of likely N-dealkylation sites (tertiary alicyclic amines) is 1. The molecule has 148 valence electrons. The van der Waals surface area contributed by atoms with Gasteiger partial charge in [0.25, 0.3) is 5.91 Å². The summed E-state index contributed by atoms with van der Waals surface area (Å²) < 4.78 is 1.88. The van der Waals surface area contributed by atoms with Gasteiger partial charge in [-0.1, -0.05) is 26.2 Å². The summed E-state index contributed by atoms with van der Waals surface area (Å²) in [4.78, 5) is 29.6. The normalized spacial score (nSPS) is 25.9. The SMILES string of the molecule is CN1CCCn2nc(C3CCCN(C(=O)C4(C)CCCCC4)C3)cc2C1=O. The Kier molecular flexibility index (Phi) is 4.99. The van der Waals surface area contributed by atoms with E-state index in [1.807, 2.05) is 17.8 Å². The van der Waals surface area contributed by atoms with Crippen LogP contribution in [0.1, 0.15) is 80.4 Å². The van der Waals surface area contributed by atoms with Gasteiger partial charge in [0.05, 0.1) is 5.69 Å². The van der Waals surface area contributed by atoms with E-state index < -0.39 is 0 Å². The highest BCUT2D eigenvalue weighted by Gasteiger charge is 2.39. The second-order valence-electron chi connectivity index (χ2n) is 8.97. The first-order chi connectivity index (χ1) is 13.0. The van der Waals surface area contributed by atoms with Crippen LogP contribution in [0.25, 0.3) is 0 Å². The van der Waals surface area contributed by atoms with E-state index in [1.165, 1.54) is 19.3 Å². The van der Waals surface area contributed by atoms with Crippen LogP contribution in [0.2, 0.25) is 0 Å². The van der Waals surface area contributed by atoms with E-state index in [0.717, 1.165) is 64.0 Å². The fourth-order valence-corrected chi connectivity index (χ4v) is 5.06. The minimum atomic E-state index is -0.176. The zero-order valence-corrected chi connectivity index (χ0v) is 16.7. The van der Waals surface area contributed by atoms with E-state index in [9.17, 15) is 9.59 Å². The fraction of sp³-hybridized carbons (Fsp3) is 0.762. The summed E-state index contributed by atoms with van der Waals surface area (Å²) in [5, 5.41) is 4.77. The minimum absolute atomic E-state index is 0.0599. The summed E-state index contributed by atoms with van der Waals surface area (Å²) in [6.45, 7) is 5.33. The van der Waals surface area contributed by atoms with Crippen molar-refractivity contribution < 1.29 is 9.59 Å². The molecular formula is C21H32N4O2. The molecule has 6 heteroatoms. The van der Waals surface area contributed by atoms with Crippen LogP contribution in [0.3, 0.4) is 0 Å². The number of hydrogen-bond acceptors (Lipinski definition) is 3. The molecule has 3 aliphatic rings. The average Bonchev–Trinajstić information content (AvgIpc) is 3.06. The van der Waals surface area contributed by atoms with E-state index in [2.05, 4.69) is 11.8 Å². The van der Waals surface area contributed by atoms with Gasteiger partial charge in [0.2, 0.25) is 5.91 Å². The number of hydrogen-bond donors (Lipinski definition) is 0. The Bertz CT molecular complexity index is 720. The standard InChI is InChI=1S/C21H32N4O2/c1-21(9-4-3-5-10-21)20(27)24-12-6-8-16(15-24)17-14-18-19(26)23(2)11-7-13-25(18)22-17/h14,16H,3-13,15H2,1-2H3. The number of aryl methyl sites for hydroxylation is 1. The summed E-state index contributed by atoms with van der Waals surface area (Å²) in [6.07, 6.45) is 8.63. The van der Waals surface area contributed by atoms with Crippen molar-refractivity contribution in [1.29, 1.82) is 0 Å². The third-order valence-electron chi connectivity index (χ3n) is 6.83. The summed E-state index contributed by atoms with van der Waals surface area (Å²) in [5.74, 6) is 0.639. The second-order valence-corrected chi connectivity index (χ2v) is 8.97. The Labute approximate surface area is 161 Å². The molecule has 2 aliphatic heterocycles. The number of rotatable bonds is 2. The fourth-order valence-electron chi connectivity index (χ4n) is 5.06. The Morgan fingerprint density at radius 3 is 2.67 bits per heavy atom. The number of aromatic nitrogens is 2. The maximum atomic E-state index is 13.2. The van der Waals surface area contributed by atoms with Crippen LogP contribution < -0.4 is 0 Å². The van der Waals surface area contributed by atoms with Crippen molar-refractivity contribution in [2.45, 2.75) is 70.8 Å². The number of fused-ring (bicyclic) bond motifs is 1. The molecule has 6 nitrogen and oxygen atoms in total. The lowest BCUT2D eigenvalue weighted by Gasteiger charge is -2.40. The monoisotopic (exact) mass is 372 g/mol. The Morgan fingerprint density at radius 2 is 1.89 bits per heavy atom. The van der Waals surface area contributed by atoms with Crippen molar-refractivity contribution in [2.75, 3.05) is 26.7 Å². The molecule has 3 heterocycles. The number of amides is 2. The Hall–Kier alpha value is -1.85. The highest BCUT2D eigenvalue weighted by atomic mass is 16.2. The smallest absolute Gasteiger partial charge is 0.271 e. The summed E-state index contributed by atoms with van der Waals surface area (Å²) in [6, 6.07) is 1.98. The molecule has 4 rings (SSSR count). The molecule has 0 bridgehead atoms. The molecule has 27 heavy (non-hydrogen) atoms. The van der Waals surface area contributed by atoms with E-state index in [4.69, 9.17) is 5.10 Å². The van der Waals surface area contributed by atoms with E-state index in [-0.39, 0.29) is 17.2 Å². The lowest BCUT2D eigenvalue weighted by atomic mass is 9.74. The topological polar surface area (TPSA) is 58.4 Å². The Balaban J connectivity index is 1.50. The molecule has 2 amide bonds. The molecule has 0 radical (unpaired) electrons. The number of nitrogens with zero attached hydrogens (tertiary/aromatic N) is 4. The van der Waals surface area contributed by atoms with Gasteiger partial charge in [-0.25, -0.2) is 0 Å². The van der Waals surface area contributed by atoms with Gasteiger partial charge in [-0.2, -0.15) is 5.10 Å². The largest absolute Gasteiger partial charge is 0.342 e. The van der Waals surface area contributed by atoms with Crippen LogP contribution >= 0.6 is 0 Å². The molecule has 1 saturated heterocycles. The molecule has 1 saturated carbocycles. The average molecular weight is 373 g/mol. The van der Waals surface area contributed by atoms with Crippen LogP contribution in [-0.4, -0.2) is 58.1 Å². The number of carbonyl (C=O) groups is 2. The van der Waals surface area contributed by atoms with Crippen LogP contribution in [-0.2, 0) is 11.3 Å². The van der Waals surface area contributed by atoms with Gasteiger partial charge in [-0.05, 0) is 38.2 Å². The molecule has 0 spiro atoms. The molecule has 1 atom stereocenters. The van der Waals surface area contributed by atoms with E-state index in [1.54, 1.807) is 4.90 Å². The van der Waals surface area contributed by atoms with Crippen molar-refractivity contribution in [3.05, 3.63) is 17.5 Å². The molecular weight excluding hydrogens is 340 g/mol. The predicted octanol–water partition coefficient (Wildman–Crippen LogP) is 3.04. The van der Waals surface area contributed by atoms with Crippen LogP contribution in [0, 0.1) is 5.41 Å². The van der Waals surface area contributed by atoms with Crippen LogP contribution in [0.5, 0.6) is 0 Å². The van der Waals surface area contributed by atoms with Crippen molar-refractivity contribution in [2.24, 2.45) is 5.41 Å². The van der Waals surface area contributed by atoms with Crippen molar-refractivity contribution in [3.63, 3.8) is 0 Å². The molecule has 0 aromatic carbocycles. The summed E-state index contributed by atoms with van der Waals surface area (Å²) >= 11 is 0. The van der Waals surface area contributed by atoms with E-state index in [0.29, 0.717) is 11.6 Å². The van der Waals surface area contributed by atoms with Crippen LogP contribution in [0.4, 0.5) is 0 Å². The number of piperidine rings is 1. The third-order valence-corrected chi connectivity index (χ3v) is 6.83. The van der Waals surface area contributed by atoms with E-state index >= 15 is 0 Å². The van der Waals surface area contributed by atoms with Crippen LogP contribution in [0.15, 0.2) is 6.07 Å². The lowest BCUT2D eigenvalue weighted by molar-refractivity contribution is -0.144. The van der Waals surface area contributed by atoms with Crippen molar-refractivity contribution >= 4 is 11.8 Å². The van der Waals surface area contributed by atoms with Gasteiger partial charge < -0.3 is 9.80 Å². The highest BCUT2D eigenvalue weighted by molar-refractivity contribution is 5.92. The van der Waals surface area contributed by atoms with Crippen molar-refractivity contribution in [3.8, 4) is 0 Å². The molecule has 1 aromatic rings. The van der Waals surface area contributed by atoms with Crippen molar-refractivity contribution in [1.82, 2.24) is 19.6 Å². The lowest BCUT2D eigenvalue weighted by Crippen LogP contribution is -2.47. The first-order valence-electron chi connectivity index (χ1n) is 10.6. The quantitative estimate of drug-likeness (QED) is 0.802. The second kappa shape index (κ2) is 7.28. The van der Waals surface area contributed by atoms with Gasteiger partial charge in [-0.15, -0.1) is 0 Å². The molecule has 0 N–H and O–H groups in total. The maximum Gasteiger partial charge on any atom is 0.271 e. The first kappa shape index (κ1) is 18.5. The van der Waals surface area contributed by atoms with Gasteiger partial charge in [0.1, 0.15) is 5.69 Å². The zero-order valence-electron chi connectivity index (χ0n) is 16.7. The van der Waals surface area contributed by atoms with Gasteiger partial charge in [0, 0.05) is 44.6 Å². The summed E-state index contributed by atoms with van der Waals surface area (Å²) in [7, 11) is 1.86. The first-order valence-corrected chi connectivity index (χ1v) is 10.6. The van der Waals surface area contributed by atoms with Gasteiger partial charge in [0.15, 0.2) is 0 Å². The molecule has 2 fully saturated rings. The Morgan fingerprint density at radius 1 is 1.11 bits per heavy atom. The third kappa shape index (κ3) is 3.50. The van der Waals surface area contributed by atoms with Gasteiger partial charge >= 0.3 is 0 Å². The maximum absolute atomic E-state index is 13.2. The predicted molar refractivity (Wildman–Crippen MR) is 104 cm³/mol. The molecule has 1 aromatic heterocycles. The molecule has 1 unspecified atom stereocenters. The molecule has 1 aliphatic carbocycles. The summed E-state index contributed by atoms with van der Waals surface area (Å²) in [5.41, 5.74) is 1.51.